The van der Waals surface area contributed by atoms with E-state index in [1.807, 2.05) is 12.1 Å². The summed E-state index contributed by atoms with van der Waals surface area (Å²) in [4.78, 5) is 7.17. The molecule has 0 radical (unpaired) electrons. The van der Waals surface area contributed by atoms with Crippen LogP contribution in [0, 0.1) is 5.82 Å². The maximum absolute atomic E-state index is 13.2. The molecule has 0 amide bonds. The minimum Gasteiger partial charge on any atom is -0.474 e. The SMILES string of the molecule is CC1COc2nc(CN3CCOCC3)c(Cc3ccc(F)cc3)cc2N1. The van der Waals surface area contributed by atoms with Gasteiger partial charge in [0.2, 0.25) is 5.88 Å². The minimum absolute atomic E-state index is 0.213. The van der Waals surface area contributed by atoms with Gasteiger partial charge in [0, 0.05) is 19.6 Å². The second-order valence-corrected chi connectivity index (χ2v) is 7.00. The number of anilines is 1. The molecule has 4 rings (SSSR count). The van der Waals surface area contributed by atoms with E-state index in [1.54, 1.807) is 0 Å². The number of hydrogen-bond donors (Lipinski definition) is 1. The first-order valence-corrected chi connectivity index (χ1v) is 9.14. The summed E-state index contributed by atoms with van der Waals surface area (Å²) in [6, 6.07) is 9.07. The van der Waals surface area contributed by atoms with E-state index in [0.29, 0.717) is 12.5 Å². The Hall–Kier alpha value is -2.18. The Morgan fingerprint density at radius 3 is 2.77 bits per heavy atom. The van der Waals surface area contributed by atoms with Crippen LogP contribution in [-0.4, -0.2) is 48.8 Å². The van der Waals surface area contributed by atoms with Crippen molar-refractivity contribution in [3.8, 4) is 5.88 Å². The van der Waals surface area contributed by atoms with Gasteiger partial charge in [-0.1, -0.05) is 12.1 Å². The van der Waals surface area contributed by atoms with Crippen LogP contribution in [0.3, 0.4) is 0 Å². The van der Waals surface area contributed by atoms with Crippen LogP contribution in [0.25, 0.3) is 0 Å². The minimum atomic E-state index is -0.213. The van der Waals surface area contributed by atoms with Gasteiger partial charge in [0.25, 0.3) is 0 Å². The number of nitrogens with zero attached hydrogens (tertiary/aromatic N) is 2. The Kier molecular flexibility index (Phi) is 5.04. The van der Waals surface area contributed by atoms with Crippen molar-refractivity contribution in [1.82, 2.24) is 9.88 Å². The van der Waals surface area contributed by atoms with Gasteiger partial charge in [-0.25, -0.2) is 9.37 Å². The van der Waals surface area contributed by atoms with Crippen molar-refractivity contribution in [2.24, 2.45) is 0 Å². The Morgan fingerprint density at radius 2 is 2.00 bits per heavy atom. The number of rotatable bonds is 4. The first kappa shape index (κ1) is 17.2. The Bertz CT molecular complexity index is 760. The summed E-state index contributed by atoms with van der Waals surface area (Å²) >= 11 is 0. The molecule has 1 aromatic heterocycles. The van der Waals surface area contributed by atoms with Crippen molar-refractivity contribution < 1.29 is 13.9 Å². The van der Waals surface area contributed by atoms with Crippen molar-refractivity contribution in [1.29, 1.82) is 0 Å². The quantitative estimate of drug-likeness (QED) is 0.912. The molecule has 0 spiro atoms. The molecule has 1 fully saturated rings. The maximum Gasteiger partial charge on any atom is 0.237 e. The number of fused-ring (bicyclic) bond motifs is 1. The molecule has 1 atom stereocenters. The van der Waals surface area contributed by atoms with Crippen LogP contribution in [0.15, 0.2) is 30.3 Å². The maximum atomic E-state index is 13.2. The van der Waals surface area contributed by atoms with E-state index in [2.05, 4.69) is 23.2 Å². The summed E-state index contributed by atoms with van der Waals surface area (Å²) in [5, 5.41) is 3.44. The molecule has 6 heteroatoms. The average Bonchev–Trinajstić information content (AvgIpc) is 2.65. The third-order valence-electron chi connectivity index (χ3n) is 4.81. The fraction of sp³-hybridized carbons (Fsp3) is 0.450. The molecule has 2 aliphatic rings. The fourth-order valence-electron chi connectivity index (χ4n) is 3.38. The van der Waals surface area contributed by atoms with Crippen LogP contribution in [0.2, 0.25) is 0 Å². The highest BCUT2D eigenvalue weighted by molar-refractivity contribution is 5.58. The van der Waals surface area contributed by atoms with E-state index in [-0.39, 0.29) is 11.9 Å². The van der Waals surface area contributed by atoms with E-state index in [0.717, 1.165) is 61.8 Å². The summed E-state index contributed by atoms with van der Waals surface area (Å²) in [6.45, 7) is 6.81. The van der Waals surface area contributed by atoms with Crippen molar-refractivity contribution >= 4 is 5.69 Å². The molecule has 0 saturated carbocycles. The predicted molar refractivity (Wildman–Crippen MR) is 98.1 cm³/mol. The van der Waals surface area contributed by atoms with Crippen molar-refractivity contribution in [2.75, 3.05) is 38.2 Å². The molecule has 1 saturated heterocycles. The first-order chi connectivity index (χ1) is 12.7. The molecule has 2 aliphatic heterocycles. The van der Waals surface area contributed by atoms with Crippen molar-refractivity contribution in [2.45, 2.75) is 25.9 Å². The molecular formula is C20H24FN3O2. The number of halogens is 1. The Balaban J connectivity index is 1.63. The third kappa shape index (κ3) is 3.97. The average molecular weight is 357 g/mol. The molecule has 0 bridgehead atoms. The third-order valence-corrected chi connectivity index (χ3v) is 4.81. The topological polar surface area (TPSA) is 46.6 Å². The van der Waals surface area contributed by atoms with Crippen LogP contribution in [0.1, 0.15) is 23.7 Å². The fourth-order valence-corrected chi connectivity index (χ4v) is 3.38. The van der Waals surface area contributed by atoms with Crippen LogP contribution < -0.4 is 10.1 Å². The van der Waals surface area contributed by atoms with Crippen LogP contribution in [0.4, 0.5) is 10.1 Å². The van der Waals surface area contributed by atoms with Gasteiger partial charge >= 0.3 is 0 Å². The van der Waals surface area contributed by atoms with Crippen LogP contribution >= 0.6 is 0 Å². The predicted octanol–water partition coefficient (Wildman–Crippen LogP) is 2.84. The van der Waals surface area contributed by atoms with Crippen molar-refractivity contribution in [3.05, 3.63) is 53.0 Å². The summed E-state index contributed by atoms with van der Waals surface area (Å²) in [6.07, 6.45) is 0.719. The molecule has 1 unspecified atom stereocenters. The Morgan fingerprint density at radius 1 is 1.23 bits per heavy atom. The highest BCUT2D eigenvalue weighted by Crippen LogP contribution is 2.31. The number of ether oxygens (including phenoxy) is 2. The monoisotopic (exact) mass is 357 g/mol. The van der Waals surface area contributed by atoms with Gasteiger partial charge in [0.15, 0.2) is 0 Å². The Labute approximate surface area is 153 Å². The lowest BCUT2D eigenvalue weighted by atomic mass is 10.0. The number of aromatic nitrogens is 1. The van der Waals surface area contributed by atoms with Gasteiger partial charge in [-0.15, -0.1) is 0 Å². The number of hydrogen-bond acceptors (Lipinski definition) is 5. The van der Waals surface area contributed by atoms with Gasteiger partial charge in [-0.3, -0.25) is 4.90 Å². The molecule has 26 heavy (non-hydrogen) atoms. The van der Waals surface area contributed by atoms with E-state index in [9.17, 15) is 4.39 Å². The summed E-state index contributed by atoms with van der Waals surface area (Å²) in [5.41, 5.74) is 4.17. The lowest BCUT2D eigenvalue weighted by molar-refractivity contribution is 0.0334. The molecule has 1 aromatic carbocycles. The van der Waals surface area contributed by atoms with Crippen LogP contribution in [0.5, 0.6) is 5.88 Å². The molecule has 2 aromatic rings. The van der Waals surface area contributed by atoms with E-state index < -0.39 is 0 Å². The lowest BCUT2D eigenvalue weighted by Crippen LogP contribution is -2.36. The largest absolute Gasteiger partial charge is 0.474 e. The lowest BCUT2D eigenvalue weighted by Gasteiger charge is -2.29. The second kappa shape index (κ2) is 7.60. The highest BCUT2D eigenvalue weighted by Gasteiger charge is 2.21. The van der Waals surface area contributed by atoms with Gasteiger partial charge in [0.05, 0.1) is 30.6 Å². The van der Waals surface area contributed by atoms with E-state index in [1.165, 1.54) is 12.1 Å². The van der Waals surface area contributed by atoms with E-state index >= 15 is 0 Å². The summed E-state index contributed by atoms with van der Waals surface area (Å²) in [7, 11) is 0. The zero-order chi connectivity index (χ0) is 17.9. The summed E-state index contributed by atoms with van der Waals surface area (Å²) < 4.78 is 24.5. The first-order valence-electron chi connectivity index (χ1n) is 9.14. The smallest absolute Gasteiger partial charge is 0.237 e. The molecule has 1 N–H and O–H groups in total. The highest BCUT2D eigenvalue weighted by atomic mass is 19.1. The van der Waals surface area contributed by atoms with E-state index in [4.69, 9.17) is 14.5 Å². The second-order valence-electron chi connectivity index (χ2n) is 7.00. The molecule has 5 nitrogen and oxygen atoms in total. The number of nitrogens with one attached hydrogen (secondary N) is 1. The zero-order valence-electron chi connectivity index (χ0n) is 15.0. The van der Waals surface area contributed by atoms with Crippen molar-refractivity contribution in [3.63, 3.8) is 0 Å². The number of benzene rings is 1. The standard InChI is InChI=1S/C20H24FN3O2/c1-14-13-26-20-18(22-14)11-16(10-15-2-4-17(21)5-3-15)19(23-20)12-24-6-8-25-9-7-24/h2-5,11,14,22H,6-10,12-13H2,1H3. The number of pyridine rings is 1. The van der Waals surface area contributed by atoms with Gasteiger partial charge in [0.1, 0.15) is 12.4 Å². The molecule has 138 valence electrons. The summed E-state index contributed by atoms with van der Waals surface area (Å²) in [5.74, 6) is 0.462. The molecular weight excluding hydrogens is 333 g/mol. The van der Waals surface area contributed by atoms with Gasteiger partial charge in [-0.2, -0.15) is 0 Å². The normalized spacial score (nSPS) is 20.2. The molecule has 3 heterocycles. The number of morpholine rings is 1. The van der Waals surface area contributed by atoms with Gasteiger partial charge in [-0.05, 0) is 42.7 Å². The zero-order valence-corrected chi connectivity index (χ0v) is 15.0. The van der Waals surface area contributed by atoms with Gasteiger partial charge < -0.3 is 14.8 Å². The molecule has 0 aliphatic carbocycles. The van der Waals surface area contributed by atoms with Crippen LogP contribution in [-0.2, 0) is 17.7 Å².